The van der Waals surface area contributed by atoms with E-state index in [2.05, 4.69) is 4.98 Å². The number of fused-ring (bicyclic) bond motifs is 1. The number of carbonyl (C=O) groups is 1. The van der Waals surface area contributed by atoms with Gasteiger partial charge in [0.15, 0.2) is 5.78 Å². The van der Waals surface area contributed by atoms with Crippen LogP contribution in [-0.2, 0) is 17.8 Å². The molecule has 3 aromatic rings. The van der Waals surface area contributed by atoms with Gasteiger partial charge in [-0.25, -0.2) is 9.37 Å². The zero-order chi connectivity index (χ0) is 14.8. The van der Waals surface area contributed by atoms with E-state index in [1.165, 1.54) is 18.2 Å². The minimum atomic E-state index is -0.414. The van der Waals surface area contributed by atoms with Gasteiger partial charge >= 0.3 is 0 Å². The second kappa shape index (κ2) is 5.66. The highest BCUT2D eigenvalue weighted by molar-refractivity contribution is 6.30. The van der Waals surface area contributed by atoms with Crippen molar-refractivity contribution in [2.45, 2.75) is 13.0 Å². The first kappa shape index (κ1) is 13.8. The van der Waals surface area contributed by atoms with Crippen LogP contribution in [0, 0.1) is 5.82 Å². The van der Waals surface area contributed by atoms with E-state index >= 15 is 0 Å². The topological polar surface area (TPSA) is 34.9 Å². The predicted molar refractivity (Wildman–Crippen MR) is 79.9 cm³/mol. The molecule has 0 fully saturated rings. The number of rotatable bonds is 4. The maximum Gasteiger partial charge on any atom is 0.157 e. The number of ketones is 1. The maximum absolute atomic E-state index is 13.6. The maximum atomic E-state index is 13.6. The van der Waals surface area contributed by atoms with E-state index in [4.69, 9.17) is 11.6 Å². The first-order chi connectivity index (χ1) is 10.1. The van der Waals surface area contributed by atoms with Crippen LogP contribution in [0.3, 0.4) is 0 Å². The fraction of sp³-hybridized carbons (Fsp3) is 0.125. The van der Waals surface area contributed by atoms with Gasteiger partial charge in [-0.15, -0.1) is 0 Å². The van der Waals surface area contributed by atoms with Crippen LogP contribution in [0.1, 0.15) is 5.56 Å². The van der Waals surface area contributed by atoms with Crippen LogP contribution in [0.2, 0.25) is 5.02 Å². The molecule has 0 saturated carbocycles. The van der Waals surface area contributed by atoms with Crippen LogP contribution in [0.15, 0.2) is 48.8 Å². The summed E-state index contributed by atoms with van der Waals surface area (Å²) in [6.45, 7) is 0.159. The van der Waals surface area contributed by atoms with Crippen molar-refractivity contribution < 1.29 is 9.18 Å². The minimum absolute atomic E-state index is 0.0128. The average Bonchev–Trinajstić information content (AvgIpc) is 2.86. The Bertz CT molecular complexity index is 813. The predicted octanol–water partition coefficient (Wildman–Crippen LogP) is 3.64. The van der Waals surface area contributed by atoms with Crippen molar-refractivity contribution in [1.29, 1.82) is 0 Å². The van der Waals surface area contributed by atoms with E-state index in [9.17, 15) is 9.18 Å². The Morgan fingerprint density at radius 3 is 2.90 bits per heavy atom. The molecular weight excluding hydrogens is 291 g/mol. The van der Waals surface area contributed by atoms with Crippen LogP contribution >= 0.6 is 11.6 Å². The van der Waals surface area contributed by atoms with Crippen LogP contribution in [0.4, 0.5) is 4.39 Å². The van der Waals surface area contributed by atoms with Crippen LogP contribution in [0.25, 0.3) is 11.0 Å². The molecule has 3 nitrogen and oxygen atoms in total. The molecule has 5 heteroatoms. The van der Waals surface area contributed by atoms with Gasteiger partial charge in [0, 0.05) is 11.4 Å². The van der Waals surface area contributed by atoms with Crippen molar-refractivity contribution in [1.82, 2.24) is 9.55 Å². The molecule has 0 bridgehead atoms. The number of hydrogen-bond acceptors (Lipinski definition) is 2. The molecular formula is C16H12ClFN2O. The molecule has 0 N–H and O–H groups in total. The number of halogens is 2. The summed E-state index contributed by atoms with van der Waals surface area (Å²) in [5.74, 6) is -0.512. The van der Waals surface area contributed by atoms with E-state index in [1.807, 2.05) is 24.3 Å². The smallest absolute Gasteiger partial charge is 0.157 e. The number of nitrogens with zero attached hydrogens (tertiary/aromatic N) is 2. The van der Waals surface area contributed by atoms with Crippen LogP contribution < -0.4 is 0 Å². The summed E-state index contributed by atoms with van der Waals surface area (Å²) < 4.78 is 15.4. The van der Waals surface area contributed by atoms with Gasteiger partial charge in [0.25, 0.3) is 0 Å². The third kappa shape index (κ3) is 2.95. The third-order valence-electron chi connectivity index (χ3n) is 3.27. The first-order valence-corrected chi connectivity index (χ1v) is 6.87. The monoisotopic (exact) mass is 302 g/mol. The summed E-state index contributed by atoms with van der Waals surface area (Å²) in [6.07, 6.45) is 1.63. The molecule has 1 aromatic heterocycles. The van der Waals surface area contributed by atoms with Crippen molar-refractivity contribution in [3.05, 3.63) is 65.2 Å². The van der Waals surface area contributed by atoms with Crippen LogP contribution in [0.5, 0.6) is 0 Å². The zero-order valence-electron chi connectivity index (χ0n) is 11.1. The second-order valence-corrected chi connectivity index (χ2v) is 5.25. The lowest BCUT2D eigenvalue weighted by molar-refractivity contribution is -0.119. The summed E-state index contributed by atoms with van der Waals surface area (Å²) in [5.41, 5.74) is 2.04. The number of benzene rings is 2. The molecule has 0 radical (unpaired) electrons. The van der Waals surface area contributed by atoms with Crippen molar-refractivity contribution in [2.75, 3.05) is 0 Å². The Labute approximate surface area is 126 Å². The van der Waals surface area contributed by atoms with E-state index in [-0.39, 0.29) is 18.7 Å². The quantitative estimate of drug-likeness (QED) is 0.737. The lowest BCUT2D eigenvalue weighted by Gasteiger charge is -2.05. The van der Waals surface area contributed by atoms with Crippen LogP contribution in [-0.4, -0.2) is 15.3 Å². The highest BCUT2D eigenvalue weighted by atomic mass is 35.5. The molecule has 0 spiro atoms. The Morgan fingerprint density at radius 2 is 2.05 bits per heavy atom. The third-order valence-corrected chi connectivity index (χ3v) is 3.50. The van der Waals surface area contributed by atoms with Crippen molar-refractivity contribution in [3.8, 4) is 0 Å². The number of aromatic nitrogens is 2. The molecule has 0 aliphatic rings. The summed E-state index contributed by atoms with van der Waals surface area (Å²) in [4.78, 5) is 16.4. The summed E-state index contributed by atoms with van der Waals surface area (Å²) in [5, 5.41) is 0.423. The van der Waals surface area contributed by atoms with Crippen molar-refractivity contribution in [2.24, 2.45) is 0 Å². The van der Waals surface area contributed by atoms with E-state index in [0.717, 1.165) is 11.0 Å². The first-order valence-electron chi connectivity index (χ1n) is 6.49. The number of para-hydroxylation sites is 2. The Balaban J connectivity index is 1.79. The number of imidazole rings is 1. The molecule has 2 aromatic carbocycles. The normalized spacial score (nSPS) is 11.0. The van der Waals surface area contributed by atoms with Gasteiger partial charge < -0.3 is 4.57 Å². The Morgan fingerprint density at radius 1 is 1.24 bits per heavy atom. The zero-order valence-corrected chi connectivity index (χ0v) is 11.8. The van der Waals surface area contributed by atoms with Crippen molar-refractivity contribution >= 4 is 28.4 Å². The molecule has 3 rings (SSSR count). The molecule has 0 unspecified atom stereocenters. The Kier molecular flexibility index (Phi) is 3.71. The van der Waals surface area contributed by atoms with Gasteiger partial charge in [-0.2, -0.15) is 0 Å². The lowest BCUT2D eigenvalue weighted by Crippen LogP contribution is -2.12. The number of hydrogen-bond donors (Lipinski definition) is 0. The molecule has 1 heterocycles. The van der Waals surface area contributed by atoms with Gasteiger partial charge in [0.1, 0.15) is 5.82 Å². The average molecular weight is 303 g/mol. The number of carbonyl (C=O) groups excluding carboxylic acids is 1. The van der Waals surface area contributed by atoms with E-state index in [1.54, 1.807) is 10.9 Å². The second-order valence-electron chi connectivity index (χ2n) is 4.81. The fourth-order valence-electron chi connectivity index (χ4n) is 2.27. The van der Waals surface area contributed by atoms with Gasteiger partial charge in [-0.05, 0) is 35.9 Å². The molecule has 106 valence electrons. The fourth-order valence-corrected chi connectivity index (χ4v) is 2.47. The summed E-state index contributed by atoms with van der Waals surface area (Å²) in [7, 11) is 0. The van der Waals surface area contributed by atoms with Gasteiger partial charge in [0.2, 0.25) is 0 Å². The summed E-state index contributed by atoms with van der Waals surface area (Å²) in [6, 6.07) is 11.8. The molecule has 0 saturated heterocycles. The van der Waals surface area contributed by atoms with Gasteiger partial charge in [-0.1, -0.05) is 23.7 Å². The van der Waals surface area contributed by atoms with E-state index in [0.29, 0.717) is 10.6 Å². The lowest BCUT2D eigenvalue weighted by atomic mass is 10.1. The minimum Gasteiger partial charge on any atom is -0.323 e. The SMILES string of the molecule is O=C(Cc1cc(Cl)ccc1F)Cn1cnc2ccccc21. The van der Waals surface area contributed by atoms with Crippen molar-refractivity contribution in [3.63, 3.8) is 0 Å². The highest BCUT2D eigenvalue weighted by Crippen LogP contribution is 2.17. The summed E-state index contributed by atoms with van der Waals surface area (Å²) >= 11 is 5.83. The largest absolute Gasteiger partial charge is 0.323 e. The van der Waals surface area contributed by atoms with Gasteiger partial charge in [-0.3, -0.25) is 4.79 Å². The standard InChI is InChI=1S/C16H12ClFN2O/c17-12-5-6-14(18)11(7-12)8-13(21)9-20-10-19-15-3-1-2-4-16(15)20/h1-7,10H,8-9H2. The number of Topliss-reactive ketones (excluding diaryl/α,β-unsaturated/α-hetero) is 1. The molecule has 0 aliphatic carbocycles. The Hall–Kier alpha value is -2.20. The molecule has 21 heavy (non-hydrogen) atoms. The highest BCUT2D eigenvalue weighted by Gasteiger charge is 2.11. The molecule has 0 amide bonds. The van der Waals surface area contributed by atoms with Gasteiger partial charge in [0.05, 0.1) is 23.9 Å². The molecule has 0 aliphatic heterocycles. The van der Waals surface area contributed by atoms with E-state index < -0.39 is 5.82 Å². The molecule has 0 atom stereocenters.